The molecule has 0 saturated heterocycles. The molecule has 4 aromatic carbocycles. The average molecular weight is 867 g/mol. The van der Waals surface area contributed by atoms with E-state index in [2.05, 4.69) is 40.5 Å². The zero-order chi connectivity index (χ0) is 42.3. The molecule has 13 nitrogen and oxygen atoms in total. The lowest BCUT2D eigenvalue weighted by Crippen LogP contribution is -2.28. The average Bonchev–Trinajstić information content (AvgIpc) is 3.85. The third-order valence-electron chi connectivity index (χ3n) is 9.48. The van der Waals surface area contributed by atoms with E-state index in [9.17, 15) is 21.9 Å². The first-order valence-electron chi connectivity index (χ1n) is 18.4. The largest absolute Gasteiger partial charge is 0.392 e. The predicted octanol–water partition coefficient (Wildman–Crippen LogP) is 9.42. The Balaban J connectivity index is 0.000000180. The molecule has 59 heavy (non-hydrogen) atoms. The van der Waals surface area contributed by atoms with Crippen molar-refractivity contribution in [3.8, 4) is 0 Å². The van der Waals surface area contributed by atoms with Gasteiger partial charge in [-0.25, -0.2) is 46.7 Å². The fourth-order valence-corrected chi connectivity index (χ4v) is 10.2. The van der Waals surface area contributed by atoms with Gasteiger partial charge in [0.15, 0.2) is 19.7 Å². The minimum atomic E-state index is -3.66. The Morgan fingerprint density at radius 1 is 0.610 bits per heavy atom. The summed E-state index contributed by atoms with van der Waals surface area (Å²) in [6.45, 7) is 11.7. The van der Waals surface area contributed by atoms with E-state index in [1.54, 1.807) is 113 Å². The number of benzene rings is 4. The van der Waals surface area contributed by atoms with Crippen molar-refractivity contribution in [3.05, 3.63) is 102 Å². The number of nitrogens with one attached hydrogen (secondary N) is 2. The summed E-state index contributed by atoms with van der Waals surface area (Å²) in [5, 5.41) is 17.0. The van der Waals surface area contributed by atoms with Crippen molar-refractivity contribution in [1.29, 1.82) is 0 Å². The van der Waals surface area contributed by atoms with Gasteiger partial charge in [-0.15, -0.1) is 22.7 Å². The van der Waals surface area contributed by atoms with Gasteiger partial charge in [0, 0.05) is 22.1 Å². The number of rotatable bonds is 8. The lowest BCUT2D eigenvalue weighted by atomic mass is 10.1. The predicted molar refractivity (Wildman–Crippen MR) is 240 cm³/mol. The van der Waals surface area contributed by atoms with Crippen molar-refractivity contribution in [2.75, 3.05) is 17.2 Å². The summed E-state index contributed by atoms with van der Waals surface area (Å²) in [4.78, 5) is 26.5. The van der Waals surface area contributed by atoms with E-state index in [4.69, 9.17) is 0 Å². The molecule has 4 aromatic heterocycles. The van der Waals surface area contributed by atoms with Crippen molar-refractivity contribution in [3.63, 3.8) is 0 Å². The Morgan fingerprint density at radius 2 is 1.08 bits per heavy atom. The standard InChI is InChI=1S/C22H22N4O3S2.C20H20N4O2S2/c1-22(2,3)31(28,29)20-11-16-17(9-14(20)5-4-8-27)23-12-24-21(16)26-15-6-7-19-18(10-15)25-13-30-19;1-12-7-15-14(9-18(12)28(25,26)20(2,3)4)19(22-10-21-15)24-13-5-6-17-16(8-13)23-11-27-17/h4-7,9-13,27H,8H2,1-3H3,(H,23,24,26);5-11H,1-4H3,(H,21,22,24)/b5-4+;. The molecule has 0 aliphatic carbocycles. The Hall–Kier alpha value is -5.46. The van der Waals surface area contributed by atoms with Crippen LogP contribution in [-0.2, 0) is 19.7 Å². The summed E-state index contributed by atoms with van der Waals surface area (Å²) in [5.74, 6) is 1.06. The van der Waals surface area contributed by atoms with Gasteiger partial charge in [-0.1, -0.05) is 12.2 Å². The van der Waals surface area contributed by atoms with Crippen LogP contribution >= 0.6 is 22.7 Å². The van der Waals surface area contributed by atoms with Gasteiger partial charge in [0.2, 0.25) is 0 Å². The Kier molecular flexibility index (Phi) is 11.3. The fourth-order valence-electron chi connectivity index (χ4n) is 6.12. The van der Waals surface area contributed by atoms with Gasteiger partial charge in [-0.3, -0.25) is 0 Å². The third kappa shape index (κ3) is 8.38. The summed E-state index contributed by atoms with van der Waals surface area (Å²) in [6.07, 6.45) is 6.02. The van der Waals surface area contributed by atoms with Crippen LogP contribution in [-0.4, -0.2) is 67.9 Å². The second-order valence-electron chi connectivity index (χ2n) is 15.6. The fraction of sp³-hybridized carbons (Fsp3) is 0.238. The topological polar surface area (TPSA) is 190 Å². The third-order valence-corrected chi connectivity index (χ3v) is 16.3. The molecule has 8 rings (SSSR count). The molecule has 0 spiro atoms. The molecule has 0 radical (unpaired) electrons. The van der Waals surface area contributed by atoms with Crippen LogP contribution in [0, 0.1) is 6.92 Å². The highest BCUT2D eigenvalue weighted by Gasteiger charge is 2.34. The van der Waals surface area contributed by atoms with Gasteiger partial charge in [-0.05, 0) is 120 Å². The second kappa shape index (κ2) is 16.0. The van der Waals surface area contributed by atoms with Crippen LogP contribution in [0.4, 0.5) is 23.0 Å². The van der Waals surface area contributed by atoms with E-state index in [1.807, 2.05) is 36.4 Å². The maximum absolute atomic E-state index is 13.3. The number of hydrogen-bond acceptors (Lipinski definition) is 15. The highest BCUT2D eigenvalue weighted by molar-refractivity contribution is 7.93. The first-order valence-corrected chi connectivity index (χ1v) is 23.1. The van der Waals surface area contributed by atoms with Gasteiger partial charge in [0.25, 0.3) is 0 Å². The van der Waals surface area contributed by atoms with Crippen molar-refractivity contribution >= 4 is 114 Å². The van der Waals surface area contributed by atoms with Crippen molar-refractivity contribution in [2.24, 2.45) is 0 Å². The molecule has 8 aromatic rings. The molecule has 0 fully saturated rings. The molecule has 0 amide bonds. The number of thiazole rings is 2. The normalized spacial score (nSPS) is 12.7. The van der Waals surface area contributed by atoms with Crippen molar-refractivity contribution < 1.29 is 21.9 Å². The number of nitrogens with zero attached hydrogens (tertiary/aromatic N) is 6. The van der Waals surface area contributed by atoms with Crippen LogP contribution < -0.4 is 10.6 Å². The van der Waals surface area contributed by atoms with E-state index in [-0.39, 0.29) is 11.5 Å². The smallest absolute Gasteiger partial charge is 0.183 e. The molecule has 304 valence electrons. The van der Waals surface area contributed by atoms with E-state index in [0.717, 1.165) is 31.8 Å². The summed E-state index contributed by atoms with van der Waals surface area (Å²) in [5.41, 5.74) is 9.44. The first kappa shape index (κ1) is 41.7. The number of sulfone groups is 2. The van der Waals surface area contributed by atoms with Gasteiger partial charge >= 0.3 is 0 Å². The first-order chi connectivity index (χ1) is 27.9. The van der Waals surface area contributed by atoms with Gasteiger partial charge in [0.1, 0.15) is 24.3 Å². The molecule has 0 aliphatic heterocycles. The molecule has 0 saturated carbocycles. The number of aryl methyl sites for hydroxylation is 1. The van der Waals surface area contributed by atoms with Crippen LogP contribution in [0.15, 0.2) is 100 Å². The van der Waals surface area contributed by atoms with E-state index < -0.39 is 29.2 Å². The Morgan fingerprint density at radius 3 is 1.58 bits per heavy atom. The quantitative estimate of drug-likeness (QED) is 0.131. The second-order valence-corrected chi connectivity index (χ2v) is 22.7. The van der Waals surface area contributed by atoms with Crippen LogP contribution in [0.3, 0.4) is 0 Å². The zero-order valence-electron chi connectivity index (χ0n) is 33.3. The summed E-state index contributed by atoms with van der Waals surface area (Å²) in [6, 6.07) is 18.5. The number of aliphatic hydroxyl groups excluding tert-OH is 1. The lowest BCUT2D eigenvalue weighted by Gasteiger charge is -2.21. The number of anilines is 4. The van der Waals surface area contributed by atoms with Crippen LogP contribution in [0.25, 0.3) is 48.3 Å². The van der Waals surface area contributed by atoms with Gasteiger partial charge in [-0.2, -0.15) is 0 Å². The highest BCUT2D eigenvalue weighted by Crippen LogP contribution is 2.36. The van der Waals surface area contributed by atoms with Crippen LogP contribution in [0.1, 0.15) is 52.7 Å². The number of aromatic nitrogens is 6. The molecule has 0 aliphatic rings. The lowest BCUT2D eigenvalue weighted by molar-refractivity contribution is 0.343. The van der Waals surface area contributed by atoms with E-state index in [1.165, 1.54) is 18.7 Å². The molecule has 17 heteroatoms. The van der Waals surface area contributed by atoms with Gasteiger partial charge in [0.05, 0.1) is 68.4 Å². The zero-order valence-corrected chi connectivity index (χ0v) is 36.6. The Labute approximate surface area is 350 Å². The summed E-state index contributed by atoms with van der Waals surface area (Å²) in [7, 11) is -7.17. The molecular weight excluding hydrogens is 825 g/mol. The minimum Gasteiger partial charge on any atom is -0.392 e. The number of fused-ring (bicyclic) bond motifs is 4. The SMILES string of the molecule is CC(C)(C)S(=O)(=O)c1cc2c(Nc3ccc4scnc4c3)ncnc2cc1/C=C/CO.Cc1cc2ncnc(Nc3ccc4scnc4c3)c2cc1S(=O)(=O)C(C)(C)C. The van der Waals surface area contributed by atoms with Crippen molar-refractivity contribution in [2.45, 2.75) is 67.8 Å². The summed E-state index contributed by atoms with van der Waals surface area (Å²) < 4.78 is 53.0. The van der Waals surface area contributed by atoms with Gasteiger partial charge < -0.3 is 15.7 Å². The van der Waals surface area contributed by atoms with E-state index >= 15 is 0 Å². The van der Waals surface area contributed by atoms with Crippen LogP contribution in [0.2, 0.25) is 0 Å². The monoisotopic (exact) mass is 866 g/mol. The number of hydrogen-bond donors (Lipinski definition) is 3. The minimum absolute atomic E-state index is 0.171. The molecular formula is C42H42N8O5S4. The highest BCUT2D eigenvalue weighted by atomic mass is 32.2. The number of aliphatic hydroxyl groups is 1. The van der Waals surface area contributed by atoms with E-state index in [0.29, 0.717) is 49.5 Å². The van der Waals surface area contributed by atoms with Crippen LogP contribution in [0.5, 0.6) is 0 Å². The molecule has 4 heterocycles. The molecule has 0 bridgehead atoms. The maximum atomic E-state index is 13.3. The Bertz CT molecular complexity index is 3130. The molecule has 3 N–H and O–H groups in total. The van der Waals surface area contributed by atoms with Crippen molar-refractivity contribution in [1.82, 2.24) is 29.9 Å². The summed E-state index contributed by atoms with van der Waals surface area (Å²) >= 11 is 3.15. The molecule has 0 atom stereocenters. The maximum Gasteiger partial charge on any atom is 0.183 e. The molecule has 0 unspecified atom stereocenters.